The summed E-state index contributed by atoms with van der Waals surface area (Å²) < 4.78 is 59.0. The van der Waals surface area contributed by atoms with Gasteiger partial charge in [-0.3, -0.25) is 14.2 Å². The van der Waals surface area contributed by atoms with Crippen LogP contribution < -0.4 is 11.2 Å². The molecule has 1 aromatic heterocycles. The molecule has 1 fully saturated rings. The first kappa shape index (κ1) is 27.3. The lowest BCUT2D eigenvalue weighted by Crippen LogP contribution is -2.41. The second-order valence-corrected chi connectivity index (χ2v) is 10.1. The summed E-state index contributed by atoms with van der Waals surface area (Å²) in [4.78, 5) is 37.5. The van der Waals surface area contributed by atoms with Gasteiger partial charge >= 0.3 is 17.8 Å². The number of hydrogen-bond acceptors (Lipinski definition) is 5. The largest absolute Gasteiger partial charge is 0.480 e. The zero-order valence-electron chi connectivity index (χ0n) is 18.8. The van der Waals surface area contributed by atoms with Crippen molar-refractivity contribution in [3.05, 3.63) is 55.6 Å². The van der Waals surface area contributed by atoms with Crippen LogP contribution in [-0.4, -0.2) is 37.7 Å². The topological polar surface area (TPSA) is 90.5 Å². The Balaban J connectivity index is 2.11. The van der Waals surface area contributed by atoms with Gasteiger partial charge in [-0.2, -0.15) is 13.2 Å². The number of aliphatic carboxylic acids is 1. The average molecular weight is 539 g/mol. The van der Waals surface area contributed by atoms with E-state index in [1.807, 2.05) is 0 Å². The van der Waals surface area contributed by atoms with E-state index < -0.39 is 45.3 Å². The quantitative estimate of drug-likeness (QED) is 0.408. The van der Waals surface area contributed by atoms with E-state index in [9.17, 15) is 37.1 Å². The number of alkyl halides is 3. The van der Waals surface area contributed by atoms with Crippen LogP contribution in [0.25, 0.3) is 5.69 Å². The van der Waals surface area contributed by atoms with Gasteiger partial charge in [-0.15, -0.1) is 11.8 Å². The maximum atomic E-state index is 14.8. The van der Waals surface area contributed by atoms with E-state index in [0.717, 1.165) is 43.8 Å². The lowest BCUT2D eigenvalue weighted by atomic mass is 9.94. The number of ether oxygens (including phenoxy) is 1. The monoisotopic (exact) mass is 538 g/mol. The fraction of sp³-hybridized carbons (Fsp3) is 0.500. The van der Waals surface area contributed by atoms with Gasteiger partial charge in [-0.05, 0) is 44.2 Å². The third kappa shape index (κ3) is 5.59. The summed E-state index contributed by atoms with van der Waals surface area (Å²) in [5.41, 5.74) is -4.94. The van der Waals surface area contributed by atoms with Crippen LogP contribution in [0.2, 0.25) is 5.02 Å². The molecular weight excluding hydrogens is 516 g/mol. The Bertz CT molecular complexity index is 1240. The van der Waals surface area contributed by atoms with E-state index in [2.05, 4.69) is 0 Å². The van der Waals surface area contributed by atoms with Crippen molar-refractivity contribution in [3.63, 3.8) is 0 Å². The van der Waals surface area contributed by atoms with Crippen LogP contribution >= 0.6 is 23.4 Å². The molecule has 3 rings (SSSR count). The summed E-state index contributed by atoms with van der Waals surface area (Å²) in [7, 11) is 0.807. The van der Waals surface area contributed by atoms with Gasteiger partial charge in [0, 0.05) is 24.6 Å². The van der Waals surface area contributed by atoms with E-state index in [4.69, 9.17) is 16.3 Å². The first-order valence-electron chi connectivity index (χ1n) is 10.7. The Morgan fingerprint density at radius 3 is 2.49 bits per heavy atom. The molecule has 35 heavy (non-hydrogen) atoms. The van der Waals surface area contributed by atoms with Gasteiger partial charge in [0.25, 0.3) is 5.56 Å². The number of thioether (sulfide) groups is 1. The molecule has 7 nitrogen and oxygen atoms in total. The number of benzene rings is 1. The zero-order chi connectivity index (χ0) is 26.1. The number of carboxylic acid groups (broad SMARTS) is 1. The normalized spacial score (nSPS) is 18.3. The molecule has 2 atom stereocenters. The lowest BCUT2D eigenvalue weighted by molar-refractivity contribution is -0.144. The number of halogens is 5. The zero-order valence-corrected chi connectivity index (χ0v) is 20.4. The van der Waals surface area contributed by atoms with Crippen molar-refractivity contribution in [1.82, 2.24) is 9.13 Å². The van der Waals surface area contributed by atoms with Crippen molar-refractivity contribution < 1.29 is 32.2 Å². The van der Waals surface area contributed by atoms with Crippen molar-refractivity contribution in [2.45, 2.75) is 61.0 Å². The molecule has 1 saturated heterocycles. The van der Waals surface area contributed by atoms with Crippen LogP contribution in [0.3, 0.4) is 0 Å². The molecule has 2 aromatic rings. The van der Waals surface area contributed by atoms with Gasteiger partial charge in [0.1, 0.15) is 16.3 Å². The summed E-state index contributed by atoms with van der Waals surface area (Å²) in [5, 5.41) is 9.90. The minimum absolute atomic E-state index is 0.0528. The Morgan fingerprint density at radius 2 is 1.94 bits per heavy atom. The highest BCUT2D eigenvalue weighted by atomic mass is 35.5. The van der Waals surface area contributed by atoms with E-state index in [1.54, 1.807) is 6.92 Å². The number of carbonyl (C=O) groups is 1. The maximum Gasteiger partial charge on any atom is 0.431 e. The highest BCUT2D eigenvalue weighted by Gasteiger charge is 2.42. The van der Waals surface area contributed by atoms with Gasteiger partial charge < -0.3 is 9.84 Å². The van der Waals surface area contributed by atoms with E-state index >= 15 is 0 Å². The smallest absolute Gasteiger partial charge is 0.431 e. The van der Waals surface area contributed by atoms with Crippen molar-refractivity contribution in [2.24, 2.45) is 7.05 Å². The summed E-state index contributed by atoms with van der Waals surface area (Å²) in [6.07, 6.45) is -2.57. The first-order chi connectivity index (χ1) is 16.3. The lowest BCUT2D eigenvalue weighted by Gasteiger charge is -2.33. The fourth-order valence-electron chi connectivity index (χ4n) is 3.97. The van der Waals surface area contributed by atoms with E-state index in [1.165, 1.54) is 0 Å². The molecule has 1 N–H and O–H groups in total. The molecule has 1 aliphatic rings. The standard InChI is InChI=1S/C22H23ClF4N2O5S/c1-3-21(19(31)32,11-12-6-4-5-7-34-12)35-16-9-15(14(24)8-13(16)23)29-18(30)10-17(22(25,26)27)28(2)20(29)33/h8-10,12H,3-7,11H2,1-2H3,(H,31,32). The number of rotatable bonds is 7. The molecule has 192 valence electrons. The molecule has 2 heterocycles. The first-order valence-corrected chi connectivity index (χ1v) is 11.9. The summed E-state index contributed by atoms with van der Waals surface area (Å²) in [5.74, 6) is -2.28. The Morgan fingerprint density at radius 1 is 1.26 bits per heavy atom. The minimum atomic E-state index is -4.98. The minimum Gasteiger partial charge on any atom is -0.480 e. The summed E-state index contributed by atoms with van der Waals surface area (Å²) >= 11 is 7.01. The second-order valence-electron chi connectivity index (χ2n) is 8.22. The molecule has 0 saturated carbocycles. The number of nitrogens with zero attached hydrogens (tertiary/aromatic N) is 2. The summed E-state index contributed by atoms with van der Waals surface area (Å²) in [6, 6.07) is 1.99. The van der Waals surface area contributed by atoms with Gasteiger partial charge in [0.2, 0.25) is 0 Å². The number of aromatic nitrogens is 2. The molecule has 0 bridgehead atoms. The molecule has 0 amide bonds. The van der Waals surface area contributed by atoms with Gasteiger partial charge in [-0.25, -0.2) is 13.8 Å². The van der Waals surface area contributed by atoms with Crippen LogP contribution in [0.5, 0.6) is 0 Å². The molecule has 2 unspecified atom stereocenters. The predicted molar refractivity (Wildman–Crippen MR) is 122 cm³/mol. The molecule has 0 spiro atoms. The van der Waals surface area contributed by atoms with Crippen LogP contribution in [0.1, 0.15) is 44.7 Å². The van der Waals surface area contributed by atoms with Crippen molar-refractivity contribution in [3.8, 4) is 5.69 Å². The highest BCUT2D eigenvalue weighted by Crippen LogP contribution is 2.44. The van der Waals surface area contributed by atoms with Crippen LogP contribution in [0, 0.1) is 5.82 Å². The number of hydrogen-bond donors (Lipinski definition) is 1. The SMILES string of the molecule is CCC(CC1CCCCO1)(Sc1cc(-n2c(=O)cc(C(F)(F)F)n(C)c2=O)c(F)cc1Cl)C(=O)O. The highest BCUT2D eigenvalue weighted by molar-refractivity contribution is 8.01. The Kier molecular flexibility index (Phi) is 8.07. The third-order valence-corrected chi connectivity index (χ3v) is 7.95. The summed E-state index contributed by atoms with van der Waals surface area (Å²) in [6.45, 7) is 2.18. The maximum absolute atomic E-state index is 14.8. The van der Waals surface area contributed by atoms with Gasteiger partial charge in [0.05, 0.1) is 16.8 Å². The molecule has 13 heteroatoms. The van der Waals surface area contributed by atoms with Crippen molar-refractivity contribution in [1.29, 1.82) is 0 Å². The second kappa shape index (κ2) is 10.4. The van der Waals surface area contributed by atoms with E-state index in [0.29, 0.717) is 13.0 Å². The van der Waals surface area contributed by atoms with E-state index in [-0.39, 0.29) is 44.1 Å². The number of carboxylic acids is 1. The predicted octanol–water partition coefficient (Wildman–Crippen LogP) is 4.63. The third-order valence-electron chi connectivity index (χ3n) is 5.95. The molecule has 0 radical (unpaired) electrons. The van der Waals surface area contributed by atoms with Crippen molar-refractivity contribution in [2.75, 3.05) is 6.61 Å². The van der Waals surface area contributed by atoms with Gasteiger partial charge in [-0.1, -0.05) is 18.5 Å². The fourth-order valence-corrected chi connectivity index (χ4v) is 5.49. The Hall–Kier alpha value is -2.31. The van der Waals surface area contributed by atoms with Gasteiger partial charge in [0.15, 0.2) is 0 Å². The Labute approximate surface area is 206 Å². The van der Waals surface area contributed by atoms with Crippen LogP contribution in [0.15, 0.2) is 32.7 Å². The molecular formula is C22H23ClF4N2O5S. The van der Waals surface area contributed by atoms with Crippen molar-refractivity contribution >= 4 is 29.3 Å². The molecule has 1 aliphatic heterocycles. The van der Waals surface area contributed by atoms with Crippen LogP contribution in [-0.2, 0) is 22.8 Å². The molecule has 0 aliphatic carbocycles. The average Bonchev–Trinajstić information content (AvgIpc) is 2.78. The molecule has 1 aromatic carbocycles. The van der Waals surface area contributed by atoms with Crippen LogP contribution in [0.4, 0.5) is 17.6 Å².